The van der Waals surface area contributed by atoms with Gasteiger partial charge in [-0.1, -0.05) is 120 Å². The van der Waals surface area contributed by atoms with Crippen molar-refractivity contribution in [3.05, 3.63) is 126 Å². The van der Waals surface area contributed by atoms with E-state index in [1.54, 1.807) is 105 Å². The number of benzene rings is 3. The van der Waals surface area contributed by atoms with Crippen molar-refractivity contribution in [3.63, 3.8) is 0 Å². The van der Waals surface area contributed by atoms with E-state index in [2.05, 4.69) is 78.4 Å². The minimum absolute atomic E-state index is 0.00937. The number of rotatable bonds is 26. The zero-order chi connectivity index (χ0) is 95.7. The molecule has 42 heteroatoms. The number of unbranched alkanes of at least 4 members (excludes halogenated alkanes) is 3. The molecular weight excluding hydrogens is 1710 g/mol. The summed E-state index contributed by atoms with van der Waals surface area (Å²) >= 11 is 0.817. The van der Waals surface area contributed by atoms with Gasteiger partial charge in [0.25, 0.3) is 0 Å². The number of para-hydroxylation sites is 2. The number of thioether (sulfide) groups is 1. The number of amides is 16. The number of carbonyl (C=O) groups excluding carboxylic acids is 16. The van der Waals surface area contributed by atoms with Crippen LogP contribution in [-0.2, 0) is 102 Å². The highest BCUT2D eigenvalue weighted by atomic mass is 32.2. The van der Waals surface area contributed by atoms with Gasteiger partial charge in [-0.2, -0.15) is 0 Å². The van der Waals surface area contributed by atoms with Crippen LogP contribution in [0.25, 0.3) is 21.8 Å². The number of aliphatic hydroxyl groups excluding tert-OH is 2. The Morgan fingerprint density at radius 2 is 1.07 bits per heavy atom. The first-order valence-corrected chi connectivity index (χ1v) is 45.3. The summed E-state index contributed by atoms with van der Waals surface area (Å²) in [5.41, 5.74) is 14.3. The van der Waals surface area contributed by atoms with E-state index in [1.165, 1.54) is 52.5 Å². The highest BCUT2D eigenvalue weighted by molar-refractivity contribution is 8.00. The summed E-state index contributed by atoms with van der Waals surface area (Å²) < 4.78 is 0. The van der Waals surface area contributed by atoms with Crippen LogP contribution in [0.2, 0.25) is 0 Å². The molecule has 16 amide bonds. The molecule has 5 heterocycles. The van der Waals surface area contributed by atoms with Gasteiger partial charge < -0.3 is 120 Å². The molecule has 0 saturated carbocycles. The molecule has 2 aliphatic rings. The van der Waals surface area contributed by atoms with Crippen LogP contribution >= 0.6 is 11.8 Å². The summed E-state index contributed by atoms with van der Waals surface area (Å²) in [6, 6.07) is 3.37. The second-order valence-corrected chi connectivity index (χ2v) is 34.6. The molecule has 13 atom stereocenters. The second kappa shape index (κ2) is 50.8. The van der Waals surface area contributed by atoms with Crippen LogP contribution < -0.4 is 70.0 Å². The number of guanidine groups is 1. The molecule has 0 bridgehead atoms. The lowest BCUT2D eigenvalue weighted by Crippen LogP contribution is -2.61. The van der Waals surface area contributed by atoms with Crippen LogP contribution in [0.15, 0.2) is 104 Å². The molecule has 8 rings (SSSR count). The van der Waals surface area contributed by atoms with E-state index in [0.29, 0.717) is 76.3 Å². The average molecular weight is 1840 g/mol. The third-order valence-corrected chi connectivity index (χ3v) is 24.2. The predicted octanol–water partition coefficient (Wildman–Crippen LogP) is -1.63. The first-order valence-electron chi connectivity index (χ1n) is 44.2. The summed E-state index contributed by atoms with van der Waals surface area (Å²) in [5, 5.41) is 60.3. The monoisotopic (exact) mass is 1840 g/mol. The molecule has 0 radical (unpaired) electrons. The lowest BCUT2D eigenvalue weighted by molar-refractivity contribution is -0.149. The number of likely N-dealkylation sites (N-methyl/N-ethyl adjacent to an activating group) is 4. The Bertz CT molecular complexity index is 4950. The predicted molar refractivity (Wildman–Crippen MR) is 488 cm³/mol. The molecule has 3 aromatic heterocycles. The van der Waals surface area contributed by atoms with E-state index >= 15 is 24.0 Å². The van der Waals surface area contributed by atoms with E-state index in [9.17, 15) is 63.0 Å². The Balaban J connectivity index is 1.17. The van der Waals surface area contributed by atoms with Crippen LogP contribution in [0.3, 0.4) is 0 Å². The molecule has 6 aromatic rings. The Morgan fingerprint density at radius 3 is 1.67 bits per heavy atom. The number of fused-ring (bicyclic) bond motifs is 3. The molecule has 131 heavy (non-hydrogen) atoms. The maximum Gasteiger partial charge on any atom is 0.248 e. The largest absolute Gasteiger partial charge is 0.394 e. The fourth-order valence-corrected chi connectivity index (χ4v) is 16.6. The molecular formula is C89H127N23O18S. The van der Waals surface area contributed by atoms with Crippen molar-refractivity contribution in [2.45, 2.75) is 216 Å². The van der Waals surface area contributed by atoms with Crippen LogP contribution in [0, 0.1) is 11.3 Å². The van der Waals surface area contributed by atoms with E-state index in [1.807, 2.05) is 13.8 Å². The molecule has 21 N–H and O–H groups in total. The first kappa shape index (κ1) is 103. The number of aliphatic hydroxyl groups is 2. The third-order valence-electron chi connectivity index (χ3n) is 23.2. The summed E-state index contributed by atoms with van der Waals surface area (Å²) in [6.45, 7) is 5.24. The smallest absolute Gasteiger partial charge is 0.248 e. The number of nitrogens with two attached hydrogens (primary N) is 2. The minimum Gasteiger partial charge on any atom is -0.394 e. The van der Waals surface area contributed by atoms with E-state index in [-0.39, 0.29) is 101 Å². The van der Waals surface area contributed by atoms with Crippen molar-refractivity contribution in [2.75, 3.05) is 79.1 Å². The molecule has 0 spiro atoms. The quantitative estimate of drug-likeness (QED) is 0.0165. The standard InChI is InChI=1S/C89H127N23O18S/c1-10-12-31-70-82(124)101-61(30-21-22-34-94-89(91)92)78(120)107-69(77(119)97-44-73(90)115)48-131-49-75(117)100-65(37-53-24-15-14-16-25-53)85(127)109(7)52(5)76(118)106-68(47-114)87(129)112-35-23-33-71(112)83(125)102-63(40-56-43-93-50-98-56)80(122)103-64(36-51(3)4)84(126)108(6)45-74(116)99-62(38-54-41-95-59-28-19-17-26-57(54)59)79(121)105-67(46-113)81(123)104-66(39-55-42-96-60-29-20-18-27-58(55)60)86(128)111(9)72(32-13-11-2)88(130)110(70)8/h14-20,24-29,41-43,50-52,61-72,95-96,113-114H,10-13,21-23,30-40,44-49H2,1-9H3,(H2,90,115)(H,93,98)(H,97,119)(H,99,116)(H,100,117)(H,101,124)(H,102,125)(H,103,122)(H,104,123)(H,105,121)(H,106,118)(H,107,120)(H4,91,92,94)/t52-,61-,62-,63-,64-,65-,66-,67-,68-,69-,70-,71-,72-/m0/s1. The topological polar surface area (TPSA) is 598 Å². The number of carbonyl (C=O) groups is 16. The zero-order valence-corrected chi connectivity index (χ0v) is 76.4. The molecule has 2 saturated heterocycles. The molecule has 712 valence electrons. The van der Waals surface area contributed by atoms with Gasteiger partial charge in [0.2, 0.25) is 94.5 Å². The molecule has 0 unspecified atom stereocenters. The Labute approximate surface area is 764 Å². The first-order chi connectivity index (χ1) is 62.6. The SMILES string of the molecule is CCCC[C@H]1C(=O)N(C)[C@@H](CCCC)C(=O)N[C@@H](CCCCNC(=N)N)C(=O)N[C@H](C(=O)NCC(N)=O)CSCC(=O)N[C@@H](Cc2ccccc2)C(=O)N(C)[C@@H](C)C(=O)N[C@@H](CO)C(=O)N2CCC[C@H]2C(=O)N[C@@H](Cc2cnc[nH]2)C(=O)N[C@@H](CC(C)C)C(=O)N(C)CC(=O)N[C@@H](Cc2c[nH]c3ccccc23)C(=O)N[C@@H](CO)C(=O)N[C@@H](Cc2c[nH]c3ccccc23)C(=O)N1C. The van der Waals surface area contributed by atoms with Gasteiger partial charge in [0.05, 0.1) is 38.4 Å². The number of primary amides is 1. The van der Waals surface area contributed by atoms with E-state index in [4.69, 9.17) is 16.9 Å². The number of H-pyrrole nitrogens is 3. The van der Waals surface area contributed by atoms with Crippen LogP contribution in [0.1, 0.15) is 134 Å². The number of imidazole rings is 1. The van der Waals surface area contributed by atoms with E-state index in [0.717, 1.165) is 31.4 Å². The average Bonchev–Trinajstić information content (AvgIpc) is 1.74. The number of nitrogens with zero attached hydrogens (tertiary/aromatic N) is 6. The fourth-order valence-electron chi connectivity index (χ4n) is 15.7. The highest BCUT2D eigenvalue weighted by Gasteiger charge is 2.44. The number of hydrogen-bond donors (Lipinski definition) is 19. The van der Waals surface area contributed by atoms with Gasteiger partial charge >= 0.3 is 0 Å². The zero-order valence-electron chi connectivity index (χ0n) is 75.5. The van der Waals surface area contributed by atoms with Crippen molar-refractivity contribution < 1.29 is 86.9 Å². The maximum atomic E-state index is 15.7. The molecule has 41 nitrogen and oxygen atoms in total. The summed E-state index contributed by atoms with van der Waals surface area (Å²) in [5.74, 6) is -15.6. The van der Waals surface area contributed by atoms with Crippen molar-refractivity contribution in [2.24, 2.45) is 17.4 Å². The van der Waals surface area contributed by atoms with Crippen LogP contribution in [0.4, 0.5) is 0 Å². The van der Waals surface area contributed by atoms with Gasteiger partial charge in [-0.3, -0.25) is 82.1 Å². The Kier molecular flexibility index (Phi) is 40.1. The lowest BCUT2D eigenvalue weighted by atomic mass is 10.00. The molecule has 0 aliphatic carbocycles. The van der Waals surface area contributed by atoms with Crippen molar-refractivity contribution in [1.29, 1.82) is 5.41 Å². The molecule has 2 fully saturated rings. The minimum atomic E-state index is -1.84. The Hall–Kier alpha value is -13.0. The lowest BCUT2D eigenvalue weighted by Gasteiger charge is -2.36. The summed E-state index contributed by atoms with van der Waals surface area (Å²) in [7, 11) is 5.31. The van der Waals surface area contributed by atoms with Crippen molar-refractivity contribution >= 4 is 134 Å². The van der Waals surface area contributed by atoms with Gasteiger partial charge in [-0.25, -0.2) is 4.98 Å². The van der Waals surface area contributed by atoms with Gasteiger partial charge in [0, 0.05) is 119 Å². The van der Waals surface area contributed by atoms with Gasteiger partial charge in [-0.05, 0) is 93.0 Å². The Morgan fingerprint density at radius 1 is 0.534 bits per heavy atom. The third kappa shape index (κ3) is 30.0. The second-order valence-electron chi connectivity index (χ2n) is 33.5. The normalized spacial score (nSPS) is 23.6. The highest BCUT2D eigenvalue weighted by Crippen LogP contribution is 2.26. The van der Waals surface area contributed by atoms with Crippen molar-refractivity contribution in [1.82, 2.24) is 103 Å². The number of nitrogens with one attached hydrogen (secondary N) is 15. The van der Waals surface area contributed by atoms with E-state index < -0.39 is 205 Å². The van der Waals surface area contributed by atoms with Crippen LogP contribution in [0.5, 0.6) is 0 Å². The number of aromatic amines is 3. The number of hydrogen-bond acceptors (Lipinski definition) is 21. The van der Waals surface area contributed by atoms with Gasteiger partial charge in [0.15, 0.2) is 5.96 Å². The van der Waals surface area contributed by atoms with Crippen molar-refractivity contribution in [3.8, 4) is 0 Å². The van der Waals surface area contributed by atoms with Gasteiger partial charge in [-0.15, -0.1) is 11.8 Å². The van der Waals surface area contributed by atoms with Gasteiger partial charge in [0.1, 0.15) is 78.5 Å². The maximum absolute atomic E-state index is 15.7. The molecule has 3 aromatic carbocycles. The fraction of sp³-hybridized carbons (Fsp3) is 0.528. The summed E-state index contributed by atoms with van der Waals surface area (Å²) in [4.78, 5) is 254. The molecule has 2 aliphatic heterocycles. The van der Waals surface area contributed by atoms with Crippen LogP contribution in [-0.4, -0.2) is 313 Å². The number of aromatic nitrogens is 4. The summed E-state index contributed by atoms with van der Waals surface area (Å²) in [6.07, 6.45) is 7.56.